The molecule has 0 aromatic heterocycles. The van der Waals surface area contributed by atoms with E-state index in [0.717, 1.165) is 77.0 Å². The first-order valence-corrected chi connectivity index (χ1v) is 28.1. The van der Waals surface area contributed by atoms with Gasteiger partial charge in [-0.3, -0.25) is 9.36 Å². The molecule has 0 aliphatic carbocycles. The summed E-state index contributed by atoms with van der Waals surface area (Å²) in [5.41, 5.74) is 0. The number of rotatable bonds is 48. The Hall–Kier alpha value is -1.80. The number of phosphoric acid groups is 1. The van der Waals surface area contributed by atoms with Gasteiger partial charge in [0.15, 0.2) is 0 Å². The Labute approximate surface area is 396 Å². The highest BCUT2D eigenvalue weighted by Gasteiger charge is 2.23. The average molecular weight is 919 g/mol. The summed E-state index contributed by atoms with van der Waals surface area (Å²) in [6, 6.07) is -0.919. The van der Waals surface area contributed by atoms with Gasteiger partial charge < -0.3 is 28.8 Å². The van der Waals surface area contributed by atoms with E-state index in [4.69, 9.17) is 9.05 Å². The minimum Gasteiger partial charge on any atom is -0.756 e. The second kappa shape index (κ2) is 46.3. The van der Waals surface area contributed by atoms with E-state index < -0.39 is 26.6 Å². The monoisotopic (exact) mass is 919 g/mol. The molecule has 0 spiro atoms. The molecule has 3 unspecified atom stereocenters. The normalized spacial score (nSPS) is 14.5. The number of nitrogens with zero attached hydrogens (tertiary/aromatic N) is 1. The molecule has 0 heterocycles. The van der Waals surface area contributed by atoms with Crippen LogP contribution < -0.4 is 10.2 Å². The zero-order valence-corrected chi connectivity index (χ0v) is 43.4. The van der Waals surface area contributed by atoms with Crippen molar-refractivity contribution in [3.8, 4) is 0 Å². The third-order valence-electron chi connectivity index (χ3n) is 11.7. The number of amides is 1. The molecule has 3 atom stereocenters. The van der Waals surface area contributed by atoms with Crippen LogP contribution in [0.4, 0.5) is 0 Å². The minimum atomic E-state index is -4.61. The van der Waals surface area contributed by atoms with Crippen LogP contribution in [-0.2, 0) is 18.4 Å². The lowest BCUT2D eigenvalue weighted by atomic mass is 10.0. The molecule has 0 aromatic carbocycles. The molecule has 2 N–H and O–H groups in total. The second-order valence-electron chi connectivity index (χ2n) is 19.2. The summed E-state index contributed by atoms with van der Waals surface area (Å²) in [5, 5.41) is 13.8. The van der Waals surface area contributed by atoms with E-state index in [-0.39, 0.29) is 12.5 Å². The smallest absolute Gasteiger partial charge is 0.268 e. The Morgan fingerprint density at radius 3 is 1.42 bits per heavy atom. The Kier molecular flexibility index (Phi) is 45.0. The van der Waals surface area contributed by atoms with E-state index in [1.165, 1.54) is 135 Å². The first-order chi connectivity index (χ1) is 31.0. The van der Waals surface area contributed by atoms with Crippen molar-refractivity contribution in [3.05, 3.63) is 60.8 Å². The number of allylic oxidation sites excluding steroid dienone is 9. The fourth-order valence-corrected chi connectivity index (χ4v) is 8.18. The molecule has 0 radical (unpaired) electrons. The van der Waals surface area contributed by atoms with Gasteiger partial charge in [0.05, 0.1) is 39.9 Å². The van der Waals surface area contributed by atoms with E-state index in [0.29, 0.717) is 17.4 Å². The molecule has 0 aliphatic rings. The highest BCUT2D eigenvalue weighted by Crippen LogP contribution is 2.38. The second-order valence-corrected chi connectivity index (χ2v) is 20.6. The van der Waals surface area contributed by atoms with E-state index in [9.17, 15) is 19.4 Å². The molecule has 9 heteroatoms. The zero-order chi connectivity index (χ0) is 47.1. The third-order valence-corrected chi connectivity index (χ3v) is 12.6. The molecule has 0 bridgehead atoms. The summed E-state index contributed by atoms with van der Waals surface area (Å²) < 4.78 is 23.2. The maximum absolute atomic E-state index is 12.9. The van der Waals surface area contributed by atoms with Gasteiger partial charge in [0.2, 0.25) is 5.91 Å². The van der Waals surface area contributed by atoms with Gasteiger partial charge in [-0.25, -0.2) is 0 Å². The predicted octanol–water partition coefficient (Wildman–Crippen LogP) is 15.1. The molecule has 64 heavy (non-hydrogen) atoms. The molecule has 0 aliphatic heterocycles. The predicted molar refractivity (Wildman–Crippen MR) is 274 cm³/mol. The summed E-state index contributed by atoms with van der Waals surface area (Å²) in [5.74, 6) is -0.227. The number of aliphatic hydroxyl groups is 1. The number of aliphatic hydroxyl groups excluding tert-OH is 1. The lowest BCUT2D eigenvalue weighted by Crippen LogP contribution is -2.45. The SMILES string of the molecule is CCC/C=C\C/C=C\CCCCCCCC(=O)NC(COP(=O)([O-])OCC[N+](C)(C)C)C(O)/C=C/CC/C=C/CC/C=C/CCCCCCCCCCCCCCCCCCCCC. The molecular formula is C55H103N2O6P. The van der Waals surface area contributed by atoms with Crippen molar-refractivity contribution >= 4 is 13.7 Å². The number of phosphoric ester groups is 1. The van der Waals surface area contributed by atoms with Crippen LogP contribution in [0.25, 0.3) is 0 Å². The lowest BCUT2D eigenvalue weighted by molar-refractivity contribution is -0.870. The van der Waals surface area contributed by atoms with Crippen molar-refractivity contribution in [2.75, 3.05) is 40.9 Å². The number of likely N-dealkylation sites (N-methyl/N-ethyl adjacent to an activating group) is 1. The molecule has 0 saturated carbocycles. The van der Waals surface area contributed by atoms with Crippen molar-refractivity contribution in [1.82, 2.24) is 5.32 Å². The van der Waals surface area contributed by atoms with E-state index in [1.807, 2.05) is 27.2 Å². The molecule has 1 amide bonds. The van der Waals surface area contributed by atoms with Crippen molar-refractivity contribution in [1.29, 1.82) is 0 Å². The van der Waals surface area contributed by atoms with Gasteiger partial charge in [-0.1, -0.05) is 216 Å². The van der Waals surface area contributed by atoms with Crippen LogP contribution in [0.15, 0.2) is 60.8 Å². The first kappa shape index (κ1) is 62.2. The fourth-order valence-electron chi connectivity index (χ4n) is 7.46. The summed E-state index contributed by atoms with van der Waals surface area (Å²) in [7, 11) is 1.22. The van der Waals surface area contributed by atoms with Gasteiger partial charge in [-0.05, 0) is 70.6 Å². The largest absolute Gasteiger partial charge is 0.756 e. The highest BCUT2D eigenvalue weighted by molar-refractivity contribution is 7.45. The van der Waals surface area contributed by atoms with Crippen LogP contribution in [0.3, 0.4) is 0 Å². The van der Waals surface area contributed by atoms with Gasteiger partial charge in [0.1, 0.15) is 13.2 Å². The van der Waals surface area contributed by atoms with Crippen LogP contribution in [-0.4, -0.2) is 68.5 Å². The molecule has 0 aromatic rings. The van der Waals surface area contributed by atoms with E-state index >= 15 is 0 Å². The van der Waals surface area contributed by atoms with Gasteiger partial charge in [0, 0.05) is 6.42 Å². The molecule has 0 fully saturated rings. The van der Waals surface area contributed by atoms with Crippen molar-refractivity contribution < 1.29 is 32.9 Å². The molecular weight excluding hydrogens is 816 g/mol. The number of nitrogens with one attached hydrogen (secondary N) is 1. The van der Waals surface area contributed by atoms with Crippen LogP contribution in [0.2, 0.25) is 0 Å². The maximum Gasteiger partial charge on any atom is 0.268 e. The summed E-state index contributed by atoms with van der Waals surface area (Å²) in [6.07, 6.45) is 61.7. The fraction of sp³-hybridized carbons (Fsp3) is 0.800. The van der Waals surface area contributed by atoms with Gasteiger partial charge in [-0.2, -0.15) is 0 Å². The number of unbranched alkanes of at least 4 members (excludes halogenated alkanes) is 27. The van der Waals surface area contributed by atoms with Crippen LogP contribution in [0, 0.1) is 0 Å². The van der Waals surface area contributed by atoms with E-state index in [2.05, 4.69) is 67.8 Å². The average Bonchev–Trinajstić information content (AvgIpc) is 3.25. The zero-order valence-electron chi connectivity index (χ0n) is 42.5. The Morgan fingerprint density at radius 2 is 0.953 bits per heavy atom. The standard InChI is InChI=1S/C55H103N2O6P/c1-6-8-10-12-14-16-18-20-21-22-23-24-25-26-27-28-29-30-31-32-33-34-35-37-38-40-42-44-46-48-54(58)53(52-63-64(60,61)62-51-50-57(3,4)5)56-55(59)49-47-45-43-41-39-36-19-17-15-13-11-9-7-2/h11,13,17,19,33-34,38,40,46,48,53-54,58H,6-10,12,14-16,18,20-32,35-37,39,41-45,47,49-52H2,1-5H3,(H-,56,59,60,61)/b13-11-,19-17-,34-33+,40-38+,48-46+. The quantitative estimate of drug-likeness (QED) is 0.0272. The number of quaternary nitrogens is 1. The molecule has 0 rings (SSSR count). The van der Waals surface area contributed by atoms with Crippen LogP contribution in [0.5, 0.6) is 0 Å². The Morgan fingerprint density at radius 1 is 0.547 bits per heavy atom. The summed E-state index contributed by atoms with van der Waals surface area (Å²) in [6.45, 7) is 4.54. The first-order valence-electron chi connectivity index (χ1n) is 26.7. The lowest BCUT2D eigenvalue weighted by Gasteiger charge is -2.29. The topological polar surface area (TPSA) is 108 Å². The van der Waals surface area contributed by atoms with Crippen molar-refractivity contribution in [2.45, 2.75) is 244 Å². The van der Waals surface area contributed by atoms with Gasteiger partial charge in [0.25, 0.3) is 7.82 Å². The molecule has 8 nitrogen and oxygen atoms in total. The molecule has 374 valence electrons. The molecule has 0 saturated heterocycles. The maximum atomic E-state index is 12.9. The summed E-state index contributed by atoms with van der Waals surface area (Å²) in [4.78, 5) is 25.3. The highest BCUT2D eigenvalue weighted by atomic mass is 31.2. The van der Waals surface area contributed by atoms with Crippen LogP contribution >= 0.6 is 7.82 Å². The minimum absolute atomic E-state index is 0.0140. The van der Waals surface area contributed by atoms with Gasteiger partial charge >= 0.3 is 0 Å². The number of hydrogen-bond acceptors (Lipinski definition) is 6. The number of carbonyl (C=O) groups excluding carboxylic acids is 1. The van der Waals surface area contributed by atoms with Crippen molar-refractivity contribution in [2.24, 2.45) is 0 Å². The van der Waals surface area contributed by atoms with Gasteiger partial charge in [-0.15, -0.1) is 0 Å². The van der Waals surface area contributed by atoms with Crippen LogP contribution in [0.1, 0.15) is 232 Å². The summed E-state index contributed by atoms with van der Waals surface area (Å²) >= 11 is 0. The van der Waals surface area contributed by atoms with Crippen molar-refractivity contribution in [3.63, 3.8) is 0 Å². The number of hydrogen-bond donors (Lipinski definition) is 2. The van der Waals surface area contributed by atoms with E-state index in [1.54, 1.807) is 6.08 Å². The number of carbonyl (C=O) groups is 1. The third kappa shape index (κ3) is 48.1. The Balaban J connectivity index is 4.26. The Bertz CT molecular complexity index is 1230.